The summed E-state index contributed by atoms with van der Waals surface area (Å²) in [6, 6.07) is 25.7. The lowest BCUT2D eigenvalue weighted by Crippen LogP contribution is -2.34. The van der Waals surface area contributed by atoms with Crippen LogP contribution in [0.5, 0.6) is 11.5 Å². The van der Waals surface area contributed by atoms with Gasteiger partial charge < -0.3 is 14.8 Å². The summed E-state index contributed by atoms with van der Waals surface area (Å²) in [5, 5.41) is 2.94. The van der Waals surface area contributed by atoms with E-state index in [0.717, 1.165) is 11.1 Å². The van der Waals surface area contributed by atoms with Crippen LogP contribution in [0, 0.1) is 0 Å². The van der Waals surface area contributed by atoms with Crippen LogP contribution in [0.4, 0.5) is 5.69 Å². The lowest BCUT2D eigenvalue weighted by atomic mass is 9.97. The minimum absolute atomic E-state index is 0.0321. The van der Waals surface area contributed by atoms with Gasteiger partial charge in [-0.25, -0.2) is 0 Å². The molecule has 1 amide bonds. The smallest absolute Gasteiger partial charge is 0.238 e. The van der Waals surface area contributed by atoms with Gasteiger partial charge in [0.15, 0.2) is 0 Å². The highest BCUT2D eigenvalue weighted by atomic mass is 16.5. The molecule has 0 aliphatic heterocycles. The Bertz CT molecular complexity index is 890. The topological polar surface area (TPSA) is 50.8 Å². The molecule has 3 aromatic rings. The molecule has 5 nitrogen and oxygen atoms in total. The minimum atomic E-state index is -0.129. The van der Waals surface area contributed by atoms with E-state index >= 15 is 0 Å². The second kappa shape index (κ2) is 9.75. The first-order valence-corrected chi connectivity index (χ1v) is 9.44. The molecule has 150 valence electrons. The number of benzene rings is 3. The molecule has 0 aliphatic rings. The van der Waals surface area contributed by atoms with Gasteiger partial charge in [-0.15, -0.1) is 0 Å². The second-order valence-corrected chi connectivity index (χ2v) is 6.75. The number of anilines is 1. The monoisotopic (exact) mass is 390 g/mol. The SMILES string of the molecule is COc1ccc(OC)c(NC(=O)CN(C)C(c2ccccc2)c2ccccc2)c1. The second-order valence-electron chi connectivity index (χ2n) is 6.75. The highest BCUT2D eigenvalue weighted by molar-refractivity contribution is 5.94. The fourth-order valence-electron chi connectivity index (χ4n) is 3.39. The summed E-state index contributed by atoms with van der Waals surface area (Å²) in [6.45, 7) is 0.217. The van der Waals surface area contributed by atoms with Crippen LogP contribution >= 0.6 is 0 Å². The highest BCUT2D eigenvalue weighted by Gasteiger charge is 2.21. The van der Waals surface area contributed by atoms with E-state index in [4.69, 9.17) is 9.47 Å². The number of nitrogens with one attached hydrogen (secondary N) is 1. The normalized spacial score (nSPS) is 10.8. The van der Waals surface area contributed by atoms with Crippen LogP contribution in [0.1, 0.15) is 17.2 Å². The van der Waals surface area contributed by atoms with Crippen molar-refractivity contribution in [3.63, 3.8) is 0 Å². The first-order chi connectivity index (χ1) is 14.1. The van der Waals surface area contributed by atoms with E-state index in [0.29, 0.717) is 17.2 Å². The van der Waals surface area contributed by atoms with E-state index in [1.54, 1.807) is 32.4 Å². The Balaban J connectivity index is 1.80. The van der Waals surface area contributed by atoms with Gasteiger partial charge in [0.2, 0.25) is 5.91 Å². The van der Waals surface area contributed by atoms with Gasteiger partial charge in [-0.05, 0) is 30.3 Å². The molecule has 0 heterocycles. The molecule has 0 radical (unpaired) electrons. The summed E-state index contributed by atoms with van der Waals surface area (Å²) in [5.74, 6) is 1.11. The van der Waals surface area contributed by atoms with Crippen LogP contribution in [0.2, 0.25) is 0 Å². The third kappa shape index (κ3) is 5.15. The van der Waals surface area contributed by atoms with Gasteiger partial charge in [-0.2, -0.15) is 0 Å². The molecule has 0 bridgehead atoms. The Morgan fingerprint density at radius 3 is 2.00 bits per heavy atom. The Hall–Kier alpha value is -3.31. The molecular formula is C24H26N2O3. The number of likely N-dealkylation sites (N-methyl/N-ethyl adjacent to an activating group) is 1. The molecule has 3 aromatic carbocycles. The van der Waals surface area contributed by atoms with Gasteiger partial charge in [-0.1, -0.05) is 60.7 Å². The van der Waals surface area contributed by atoms with Gasteiger partial charge in [0.25, 0.3) is 0 Å². The van der Waals surface area contributed by atoms with Gasteiger partial charge in [-0.3, -0.25) is 9.69 Å². The molecule has 3 rings (SSSR count). The lowest BCUT2D eigenvalue weighted by molar-refractivity contribution is -0.117. The van der Waals surface area contributed by atoms with Crippen LogP contribution in [-0.4, -0.2) is 38.6 Å². The van der Waals surface area contributed by atoms with Crippen LogP contribution in [0.25, 0.3) is 0 Å². The average Bonchev–Trinajstić information content (AvgIpc) is 2.75. The number of nitrogens with zero attached hydrogens (tertiary/aromatic N) is 1. The lowest BCUT2D eigenvalue weighted by Gasteiger charge is -2.28. The number of methoxy groups -OCH3 is 2. The molecule has 0 aliphatic carbocycles. The van der Waals surface area contributed by atoms with Crippen molar-refractivity contribution in [1.29, 1.82) is 0 Å². The summed E-state index contributed by atoms with van der Waals surface area (Å²) >= 11 is 0. The van der Waals surface area contributed by atoms with Crippen LogP contribution < -0.4 is 14.8 Å². The molecule has 0 saturated carbocycles. The summed E-state index contributed by atoms with van der Waals surface area (Å²) in [7, 11) is 5.11. The maximum Gasteiger partial charge on any atom is 0.238 e. The van der Waals surface area contributed by atoms with Crippen LogP contribution in [0.3, 0.4) is 0 Å². The minimum Gasteiger partial charge on any atom is -0.497 e. The number of hydrogen-bond donors (Lipinski definition) is 1. The molecular weight excluding hydrogens is 364 g/mol. The number of rotatable bonds is 8. The number of hydrogen-bond acceptors (Lipinski definition) is 4. The number of ether oxygens (including phenoxy) is 2. The van der Waals surface area contributed by atoms with Crippen molar-refractivity contribution in [2.24, 2.45) is 0 Å². The quantitative estimate of drug-likeness (QED) is 0.621. The van der Waals surface area contributed by atoms with Crippen LogP contribution in [0.15, 0.2) is 78.9 Å². The third-order valence-corrected chi connectivity index (χ3v) is 4.75. The van der Waals surface area contributed by atoms with E-state index in [1.807, 2.05) is 48.3 Å². The van der Waals surface area contributed by atoms with Gasteiger partial charge >= 0.3 is 0 Å². The zero-order valence-corrected chi connectivity index (χ0v) is 17.0. The zero-order chi connectivity index (χ0) is 20.6. The van der Waals surface area contributed by atoms with Gasteiger partial charge in [0.05, 0.1) is 32.5 Å². The molecule has 29 heavy (non-hydrogen) atoms. The highest BCUT2D eigenvalue weighted by Crippen LogP contribution is 2.30. The van der Waals surface area contributed by atoms with E-state index in [-0.39, 0.29) is 18.5 Å². The van der Waals surface area contributed by atoms with Gasteiger partial charge in [0, 0.05) is 6.07 Å². The van der Waals surface area contributed by atoms with Crippen molar-refractivity contribution >= 4 is 11.6 Å². The Labute approximate surface area is 171 Å². The van der Waals surface area contributed by atoms with E-state index in [1.165, 1.54) is 0 Å². The Kier molecular flexibility index (Phi) is 6.87. The predicted molar refractivity (Wildman–Crippen MR) is 116 cm³/mol. The predicted octanol–water partition coefficient (Wildman–Crippen LogP) is 4.36. The molecule has 1 N–H and O–H groups in total. The van der Waals surface area contributed by atoms with E-state index in [9.17, 15) is 4.79 Å². The Morgan fingerprint density at radius 2 is 1.48 bits per heavy atom. The van der Waals surface area contributed by atoms with Crippen molar-refractivity contribution in [1.82, 2.24) is 4.90 Å². The standard InChI is InChI=1S/C24H26N2O3/c1-26(17-23(27)25-21-16-20(28-2)14-15-22(21)29-3)24(18-10-6-4-7-11-18)19-12-8-5-9-13-19/h4-16,24H,17H2,1-3H3,(H,25,27). The Morgan fingerprint density at radius 1 is 0.897 bits per heavy atom. The van der Waals surface area contributed by atoms with E-state index in [2.05, 4.69) is 29.6 Å². The number of carbonyl (C=O) groups is 1. The first kappa shape index (κ1) is 20.4. The molecule has 0 unspecified atom stereocenters. The van der Waals surface area contributed by atoms with Crippen molar-refractivity contribution < 1.29 is 14.3 Å². The molecule has 0 saturated heterocycles. The first-order valence-electron chi connectivity index (χ1n) is 9.44. The molecule has 0 spiro atoms. The van der Waals surface area contributed by atoms with E-state index < -0.39 is 0 Å². The third-order valence-electron chi connectivity index (χ3n) is 4.75. The maximum atomic E-state index is 12.8. The maximum absolute atomic E-state index is 12.8. The number of carbonyl (C=O) groups excluding carboxylic acids is 1. The summed E-state index contributed by atoms with van der Waals surface area (Å²) in [4.78, 5) is 14.8. The van der Waals surface area contributed by atoms with Crippen molar-refractivity contribution in [3.05, 3.63) is 90.0 Å². The zero-order valence-electron chi connectivity index (χ0n) is 17.0. The van der Waals surface area contributed by atoms with Crippen molar-refractivity contribution in [3.8, 4) is 11.5 Å². The van der Waals surface area contributed by atoms with Crippen molar-refractivity contribution in [2.45, 2.75) is 6.04 Å². The molecule has 0 aromatic heterocycles. The van der Waals surface area contributed by atoms with Gasteiger partial charge in [0.1, 0.15) is 11.5 Å². The fraction of sp³-hybridized carbons (Fsp3) is 0.208. The molecule has 0 atom stereocenters. The average molecular weight is 390 g/mol. The summed E-state index contributed by atoms with van der Waals surface area (Å²) in [5.41, 5.74) is 2.85. The molecule has 5 heteroatoms. The fourth-order valence-corrected chi connectivity index (χ4v) is 3.39. The summed E-state index contributed by atoms with van der Waals surface area (Å²) < 4.78 is 10.6. The largest absolute Gasteiger partial charge is 0.497 e. The number of amides is 1. The van der Waals surface area contributed by atoms with Crippen molar-refractivity contribution in [2.75, 3.05) is 33.1 Å². The van der Waals surface area contributed by atoms with Crippen LogP contribution in [-0.2, 0) is 4.79 Å². The summed E-state index contributed by atoms with van der Waals surface area (Å²) in [6.07, 6.45) is 0. The molecule has 0 fully saturated rings.